The van der Waals surface area contributed by atoms with Crippen molar-refractivity contribution in [2.45, 2.75) is 121 Å². The summed E-state index contributed by atoms with van der Waals surface area (Å²) < 4.78 is 51.9. The van der Waals surface area contributed by atoms with Crippen LogP contribution in [-0.4, -0.2) is 135 Å². The summed E-state index contributed by atoms with van der Waals surface area (Å²) in [5.74, 6) is -2.57. The average Bonchev–Trinajstić information content (AvgIpc) is 0.741. The second-order valence-electron chi connectivity index (χ2n) is 24.6. The first-order valence-electron chi connectivity index (χ1n) is 28.5. The lowest BCUT2D eigenvalue weighted by molar-refractivity contribution is -0.248. The van der Waals surface area contributed by atoms with Crippen LogP contribution in [0.4, 0.5) is 25.2 Å². The number of pyridine rings is 1. The number of nitrogens with zero attached hydrogens (tertiary/aromatic N) is 6. The van der Waals surface area contributed by atoms with Gasteiger partial charge in [-0.3, -0.25) is 29.1 Å². The number of hydrogen-bond donors (Lipinski definition) is 8. The van der Waals surface area contributed by atoms with Crippen LogP contribution in [0.2, 0.25) is 0 Å². The summed E-state index contributed by atoms with van der Waals surface area (Å²) in [6.45, 7) is 7.02. The Bertz CT molecular complexity index is 3690. The molecule has 4 heterocycles. The van der Waals surface area contributed by atoms with E-state index in [1.165, 1.54) is 23.3 Å². The van der Waals surface area contributed by atoms with Crippen molar-refractivity contribution in [2.75, 3.05) is 43.5 Å². The molecule has 4 bridgehead atoms. The molecule has 0 spiro atoms. The van der Waals surface area contributed by atoms with Crippen LogP contribution in [0.5, 0.6) is 0 Å². The highest BCUT2D eigenvalue weighted by molar-refractivity contribution is 7.86. The third kappa shape index (κ3) is 13.1. The van der Waals surface area contributed by atoms with Crippen LogP contribution in [0.25, 0.3) is 32.6 Å². The maximum absolute atomic E-state index is 13.8. The molecule has 11 N–H and O–H groups in total. The number of carbonyl (C=O) groups excluding carboxylic acids is 5. The lowest BCUT2D eigenvalue weighted by atomic mass is 9.39. The minimum Gasteiger partial charge on any atom is -0.476 e. The second kappa shape index (κ2) is 24.1. The predicted molar refractivity (Wildman–Crippen MR) is 322 cm³/mol. The van der Waals surface area contributed by atoms with Crippen LogP contribution in [0.1, 0.15) is 104 Å². The molecular formula is C60H72N12O12S2. The fourth-order valence-corrected chi connectivity index (χ4v) is 17.0. The molecular weight excluding hydrogens is 1140 g/mol. The van der Waals surface area contributed by atoms with E-state index in [-0.39, 0.29) is 67.0 Å². The molecule has 0 radical (unpaired) electrons. The Kier molecular flexibility index (Phi) is 17.2. The van der Waals surface area contributed by atoms with Crippen molar-refractivity contribution in [1.82, 2.24) is 35.3 Å². The minimum atomic E-state index is -5.03. The fourth-order valence-electron chi connectivity index (χ4n) is 15.1. The van der Waals surface area contributed by atoms with Gasteiger partial charge in [0.15, 0.2) is 16.2 Å². The van der Waals surface area contributed by atoms with E-state index in [0.29, 0.717) is 58.2 Å². The number of hydrogen-bond acceptors (Lipinski definition) is 16. The van der Waals surface area contributed by atoms with E-state index in [9.17, 15) is 46.8 Å². The van der Waals surface area contributed by atoms with Crippen molar-refractivity contribution >= 4 is 78.8 Å². The van der Waals surface area contributed by atoms with E-state index < -0.39 is 63.1 Å². The molecule has 6 atom stereocenters. The van der Waals surface area contributed by atoms with Crippen LogP contribution < -0.4 is 38.1 Å². The Balaban J connectivity index is 0.806. The lowest BCUT2D eigenvalue weighted by Crippen LogP contribution is -2.64. The van der Waals surface area contributed by atoms with Crippen molar-refractivity contribution in [1.29, 1.82) is 0 Å². The maximum Gasteiger partial charge on any atom is 0.408 e. The highest BCUT2D eigenvalue weighted by Crippen LogP contribution is 2.72. The first-order chi connectivity index (χ1) is 40.8. The number of fused-ring (bicyclic) bond motifs is 2. The van der Waals surface area contributed by atoms with E-state index in [2.05, 4.69) is 34.8 Å². The summed E-state index contributed by atoms with van der Waals surface area (Å²) in [7, 11) is -3.63. The molecule has 86 heavy (non-hydrogen) atoms. The van der Waals surface area contributed by atoms with Gasteiger partial charge in [0, 0.05) is 60.2 Å². The number of primary amides is 2. The molecule has 4 aliphatic carbocycles. The highest BCUT2D eigenvalue weighted by atomic mass is 32.2. The summed E-state index contributed by atoms with van der Waals surface area (Å²) in [6, 6.07) is 19.6. The molecule has 11 rings (SSSR count). The number of aromatic carboxylic acids is 1. The number of urea groups is 2. The Hall–Kier alpha value is -7.88. The van der Waals surface area contributed by atoms with Crippen molar-refractivity contribution < 1.29 is 56.3 Å². The van der Waals surface area contributed by atoms with Gasteiger partial charge in [-0.1, -0.05) is 73.7 Å². The molecule has 6 amide bonds. The van der Waals surface area contributed by atoms with Crippen LogP contribution in [0, 0.1) is 23.2 Å². The van der Waals surface area contributed by atoms with Gasteiger partial charge in [-0.15, -0.1) is 0 Å². The van der Waals surface area contributed by atoms with Crippen LogP contribution in [-0.2, 0) is 48.8 Å². The number of likely N-dealkylation sites (N-methyl/N-ethyl adjacent to an activating group) is 1. The Morgan fingerprint density at radius 1 is 0.930 bits per heavy atom. The van der Waals surface area contributed by atoms with Crippen molar-refractivity contribution in [2.24, 2.45) is 33.4 Å². The molecule has 3 aromatic heterocycles. The molecule has 26 heteroatoms. The van der Waals surface area contributed by atoms with E-state index in [4.69, 9.17) is 36.8 Å². The largest absolute Gasteiger partial charge is 0.476 e. The lowest BCUT2D eigenvalue weighted by Gasteiger charge is -2.69. The molecule has 4 saturated carbocycles. The molecule has 1 aliphatic heterocycles. The molecule has 3 aromatic carbocycles. The fraction of sp³-hybridized carbons (Fsp3) is 0.450. The van der Waals surface area contributed by atoms with Gasteiger partial charge in [0.25, 0.3) is 10.1 Å². The number of amides is 6. The molecule has 6 aromatic rings. The summed E-state index contributed by atoms with van der Waals surface area (Å²) in [4.78, 5) is 88.4. The standard InChI is InChI=1S/C60H72N12O12S2/c1-35-42(41-17-18-44(66-49(41)52(75)76)37-16-15-36-11-9-19-71(47(36)23-37)55(78)69-54-67-45-13-7-8-14-48(45)85-54)25-65-72(35)34-59-29-57(2)28-58(3,30-59)32-60(31-57,33-59)84-21-20-70(4)51(86(80,81)82)46(26-73)68-56(79)83-27-38-10-5-6-12-40(38)39(24-64-53(63)77)22-43(61)50(62)74/h5-8,10,12-18,23,25-26,39,43,46,51H,9,11,19-22,24,27-34,61H2,1-4H3,(H2,62,74)(H,68,79)(H,75,76)(H3,63,64,77)(H,67,69,78)(H,80,81,82)/t39?,43-,46+,51?,57?,58?,59?,60?/m0/s1. The Morgan fingerprint density at radius 2 is 1.66 bits per heavy atom. The summed E-state index contributed by atoms with van der Waals surface area (Å²) in [5.41, 5.74) is 21.8. The topological polar surface area (TPSA) is 360 Å². The number of aldehydes is 1. The van der Waals surface area contributed by atoms with Gasteiger partial charge >= 0.3 is 24.1 Å². The van der Waals surface area contributed by atoms with Gasteiger partial charge in [0.1, 0.15) is 18.9 Å². The van der Waals surface area contributed by atoms with Gasteiger partial charge < -0.3 is 47.2 Å². The number of aromatic nitrogens is 4. The zero-order valence-corrected chi connectivity index (χ0v) is 49.9. The van der Waals surface area contributed by atoms with Gasteiger partial charge in [-0.25, -0.2) is 29.1 Å². The quantitative estimate of drug-likeness (QED) is 0.0238. The van der Waals surface area contributed by atoms with Gasteiger partial charge in [-0.2, -0.15) is 13.5 Å². The molecule has 4 fully saturated rings. The molecule has 0 saturated heterocycles. The van der Waals surface area contributed by atoms with Crippen molar-refractivity contribution in [3.05, 3.63) is 113 Å². The number of anilines is 2. The number of aryl methyl sites for hydroxylation is 1. The van der Waals surface area contributed by atoms with Gasteiger partial charge in [0.2, 0.25) is 5.91 Å². The van der Waals surface area contributed by atoms with E-state index in [1.54, 1.807) is 47.5 Å². The van der Waals surface area contributed by atoms with E-state index >= 15 is 0 Å². The number of nitrogens with two attached hydrogens (primary N) is 3. The van der Waals surface area contributed by atoms with Crippen LogP contribution in [0.15, 0.2) is 85.1 Å². The van der Waals surface area contributed by atoms with Crippen molar-refractivity contribution in [3.8, 4) is 22.4 Å². The Morgan fingerprint density at radius 3 is 2.36 bits per heavy atom. The number of carbonyl (C=O) groups is 6. The SMILES string of the molecule is Cc1c(-c2ccc(-c3ccc4c(c3)N(C(=O)Nc3nc5ccccc5s3)CCC4)nc2C(=O)O)cnn1CC12CC3(C)CC(C)(C1)CC(OCCN(C)C([C@@H](C=O)NC(=O)OCc1ccccc1C(CNC(N)=O)C[C@H](N)C(N)=O)S(=O)(=O)O)(C3)C2. The number of benzene rings is 3. The number of carboxylic acid groups (broad SMARTS) is 1. The first kappa shape index (κ1) is 61.2. The molecule has 5 aliphatic rings. The van der Waals surface area contributed by atoms with E-state index in [1.807, 2.05) is 54.1 Å². The number of ether oxygens (including phenoxy) is 2. The molecule has 4 unspecified atom stereocenters. The number of carboxylic acids is 1. The maximum atomic E-state index is 13.8. The molecule has 24 nitrogen and oxygen atoms in total. The van der Waals surface area contributed by atoms with Gasteiger partial charge in [0.05, 0.1) is 40.4 Å². The normalized spacial score (nSPS) is 22.8. The number of alkyl carbamates (subject to hydrolysis) is 1. The smallest absolute Gasteiger partial charge is 0.408 e. The summed E-state index contributed by atoms with van der Waals surface area (Å²) >= 11 is 1.40. The first-order valence-corrected chi connectivity index (χ1v) is 30.8. The number of thiazole rings is 1. The third-order valence-corrected chi connectivity index (χ3v) is 19.7. The van der Waals surface area contributed by atoms with Crippen LogP contribution >= 0.6 is 11.3 Å². The monoisotopic (exact) mass is 1220 g/mol. The second-order valence-corrected chi connectivity index (χ2v) is 27.1. The van der Waals surface area contributed by atoms with Crippen LogP contribution in [0.3, 0.4) is 0 Å². The third-order valence-electron chi connectivity index (χ3n) is 17.5. The Labute approximate surface area is 501 Å². The zero-order chi connectivity index (χ0) is 61.5. The number of para-hydroxylation sites is 1. The minimum absolute atomic E-state index is 0.0106. The summed E-state index contributed by atoms with van der Waals surface area (Å²) in [6.07, 6.45) is 7.20. The van der Waals surface area contributed by atoms with Gasteiger partial charge in [-0.05, 0) is 135 Å². The zero-order valence-electron chi connectivity index (χ0n) is 48.3. The highest BCUT2D eigenvalue weighted by Gasteiger charge is 2.66. The number of rotatable bonds is 23. The van der Waals surface area contributed by atoms with E-state index in [0.717, 1.165) is 72.1 Å². The van der Waals surface area contributed by atoms with Crippen molar-refractivity contribution in [3.63, 3.8) is 0 Å². The average molecular weight is 1220 g/mol. The molecule has 456 valence electrons. The summed E-state index contributed by atoms with van der Waals surface area (Å²) in [5, 5.41) is 21.9. The predicted octanol–water partition coefficient (Wildman–Crippen LogP) is 6.94. The number of nitrogens with one attached hydrogen (secondary N) is 3.